The van der Waals surface area contributed by atoms with Crippen molar-refractivity contribution in [2.75, 3.05) is 13.3 Å². The average Bonchev–Trinajstić information content (AvgIpc) is 2.87. The van der Waals surface area contributed by atoms with Crippen LogP contribution in [0.15, 0.2) is 5.10 Å². The first-order chi connectivity index (χ1) is 8.04. The van der Waals surface area contributed by atoms with Crippen LogP contribution < -0.4 is 5.73 Å². The molecule has 1 fully saturated rings. The van der Waals surface area contributed by atoms with E-state index in [1.54, 1.807) is 0 Å². The summed E-state index contributed by atoms with van der Waals surface area (Å²) < 4.78 is 5.25. The van der Waals surface area contributed by atoms with Crippen molar-refractivity contribution in [1.82, 2.24) is 9.91 Å². The van der Waals surface area contributed by atoms with E-state index in [4.69, 9.17) is 15.6 Å². The first kappa shape index (κ1) is 12.0. The number of carbonyl (C=O) groups excluding carboxylic acids is 1. The number of nitrogens with two attached hydrogens (primary N) is 1. The normalized spacial score (nSPS) is 36.9. The molecular formula is C8H14N4O5. The van der Waals surface area contributed by atoms with Gasteiger partial charge in [-0.15, -0.1) is 0 Å². The number of aliphatic hydroxyl groups excluding tert-OH is 3. The van der Waals surface area contributed by atoms with E-state index >= 15 is 0 Å². The van der Waals surface area contributed by atoms with E-state index in [-0.39, 0.29) is 6.67 Å². The minimum atomic E-state index is -1.19. The Balaban J connectivity index is 2.01. The molecule has 0 saturated carbocycles. The maximum atomic E-state index is 10.8. The Hall–Kier alpha value is -1.42. The van der Waals surface area contributed by atoms with Crippen LogP contribution in [0.1, 0.15) is 0 Å². The fraction of sp³-hybridized carbons (Fsp3) is 0.750. The molecule has 2 aliphatic rings. The molecule has 0 unspecified atom stereocenters. The number of primary amides is 1. The third-order valence-electron chi connectivity index (χ3n) is 2.74. The van der Waals surface area contributed by atoms with Crippen molar-refractivity contribution in [1.29, 1.82) is 0 Å². The van der Waals surface area contributed by atoms with Gasteiger partial charge in [0.25, 0.3) is 0 Å². The van der Waals surface area contributed by atoms with Crippen molar-refractivity contribution in [3.63, 3.8) is 0 Å². The van der Waals surface area contributed by atoms with Crippen molar-refractivity contribution in [3.8, 4) is 0 Å². The van der Waals surface area contributed by atoms with Crippen LogP contribution in [0.2, 0.25) is 0 Å². The van der Waals surface area contributed by atoms with Crippen molar-refractivity contribution < 1.29 is 24.9 Å². The number of hydrazone groups is 1. The van der Waals surface area contributed by atoms with Gasteiger partial charge in [-0.3, -0.25) is 0 Å². The molecule has 2 heterocycles. The molecule has 9 nitrogen and oxygen atoms in total. The molecule has 2 aliphatic heterocycles. The highest BCUT2D eigenvalue weighted by atomic mass is 16.6. The maximum absolute atomic E-state index is 10.8. The zero-order valence-corrected chi connectivity index (χ0v) is 8.88. The number of aliphatic hydroxyl groups is 3. The second-order valence-corrected chi connectivity index (χ2v) is 3.85. The van der Waals surface area contributed by atoms with Gasteiger partial charge >= 0.3 is 6.03 Å². The fourth-order valence-corrected chi connectivity index (χ4v) is 1.78. The molecule has 0 aromatic carbocycles. The summed E-state index contributed by atoms with van der Waals surface area (Å²) in [6.07, 6.45) is -2.81. The van der Waals surface area contributed by atoms with Gasteiger partial charge in [-0.2, -0.15) is 10.1 Å². The van der Waals surface area contributed by atoms with E-state index in [0.29, 0.717) is 0 Å². The molecule has 0 aliphatic carbocycles. The molecule has 0 aromatic heterocycles. The Bertz CT molecular complexity index is 338. The maximum Gasteiger partial charge on any atom is 0.336 e. The van der Waals surface area contributed by atoms with Crippen LogP contribution in [0.3, 0.4) is 0 Å². The lowest BCUT2D eigenvalue weighted by Crippen LogP contribution is -2.45. The summed E-state index contributed by atoms with van der Waals surface area (Å²) in [6, 6.07) is -0.726. The first-order valence-electron chi connectivity index (χ1n) is 5.04. The summed E-state index contributed by atoms with van der Waals surface area (Å²) in [4.78, 5) is 12.3. The van der Waals surface area contributed by atoms with E-state index in [9.17, 15) is 15.0 Å². The quantitative estimate of drug-likeness (QED) is 0.411. The number of amides is 2. The Morgan fingerprint density at radius 1 is 1.53 bits per heavy atom. The molecule has 0 spiro atoms. The smallest absolute Gasteiger partial charge is 0.336 e. The Kier molecular flexibility index (Phi) is 3.15. The van der Waals surface area contributed by atoms with Crippen LogP contribution >= 0.6 is 0 Å². The van der Waals surface area contributed by atoms with Crippen LogP contribution in [0.4, 0.5) is 4.79 Å². The lowest BCUT2D eigenvalue weighted by atomic mass is 10.1. The summed E-state index contributed by atoms with van der Waals surface area (Å²) in [5, 5.41) is 32.9. The monoisotopic (exact) mass is 246 g/mol. The van der Waals surface area contributed by atoms with Gasteiger partial charge in [-0.05, 0) is 0 Å². The van der Waals surface area contributed by atoms with Crippen molar-refractivity contribution in [2.24, 2.45) is 10.8 Å². The number of nitrogens with zero attached hydrogens (tertiary/aromatic N) is 3. The molecule has 0 radical (unpaired) electrons. The van der Waals surface area contributed by atoms with E-state index in [0.717, 1.165) is 5.01 Å². The summed E-state index contributed by atoms with van der Waals surface area (Å²) in [5.41, 5.74) is 5.03. The van der Waals surface area contributed by atoms with Crippen LogP contribution in [-0.2, 0) is 4.74 Å². The van der Waals surface area contributed by atoms with Gasteiger partial charge in [0.05, 0.1) is 6.61 Å². The molecule has 4 atom stereocenters. The molecular weight excluding hydrogens is 232 g/mol. The topological polar surface area (TPSA) is 132 Å². The van der Waals surface area contributed by atoms with Crippen molar-refractivity contribution >= 4 is 12.4 Å². The molecule has 1 saturated heterocycles. The largest absolute Gasteiger partial charge is 0.394 e. The highest BCUT2D eigenvalue weighted by Crippen LogP contribution is 2.24. The third kappa shape index (κ3) is 2.05. The highest BCUT2D eigenvalue weighted by Gasteiger charge is 2.46. The molecule has 0 aromatic rings. The van der Waals surface area contributed by atoms with Crippen LogP contribution in [0, 0.1) is 0 Å². The molecule has 17 heavy (non-hydrogen) atoms. The number of rotatable bonds is 2. The average molecular weight is 246 g/mol. The van der Waals surface area contributed by atoms with Crippen LogP contribution in [0.25, 0.3) is 0 Å². The number of ether oxygens (including phenoxy) is 1. The molecule has 5 N–H and O–H groups in total. The van der Waals surface area contributed by atoms with E-state index in [2.05, 4.69) is 5.10 Å². The summed E-state index contributed by atoms with van der Waals surface area (Å²) in [7, 11) is 0. The Morgan fingerprint density at radius 2 is 2.24 bits per heavy atom. The predicted molar refractivity (Wildman–Crippen MR) is 54.4 cm³/mol. The van der Waals surface area contributed by atoms with Gasteiger partial charge in [-0.25, -0.2) is 4.79 Å². The zero-order valence-electron chi connectivity index (χ0n) is 8.88. The van der Waals surface area contributed by atoms with E-state index in [1.807, 2.05) is 0 Å². The minimum absolute atomic E-state index is 0.0297. The number of hydrogen-bond donors (Lipinski definition) is 4. The predicted octanol–water partition coefficient (Wildman–Crippen LogP) is -2.98. The van der Waals surface area contributed by atoms with Crippen molar-refractivity contribution in [3.05, 3.63) is 0 Å². The Morgan fingerprint density at radius 3 is 2.71 bits per heavy atom. The molecule has 2 amide bonds. The van der Waals surface area contributed by atoms with Gasteiger partial charge in [0.15, 0.2) is 6.23 Å². The van der Waals surface area contributed by atoms with Gasteiger partial charge in [0.2, 0.25) is 0 Å². The molecule has 9 heteroatoms. The number of hydrogen-bond acceptors (Lipinski definition) is 7. The van der Waals surface area contributed by atoms with Gasteiger partial charge in [-0.1, -0.05) is 0 Å². The zero-order chi connectivity index (χ0) is 12.6. The van der Waals surface area contributed by atoms with Gasteiger partial charge in [0, 0.05) is 0 Å². The van der Waals surface area contributed by atoms with Crippen LogP contribution in [-0.4, -0.2) is 75.4 Å². The van der Waals surface area contributed by atoms with E-state index in [1.165, 1.54) is 11.2 Å². The molecule has 2 rings (SSSR count). The summed E-state index contributed by atoms with van der Waals surface area (Å²) in [5.74, 6) is 0. The van der Waals surface area contributed by atoms with Crippen molar-refractivity contribution in [2.45, 2.75) is 24.5 Å². The highest BCUT2D eigenvalue weighted by molar-refractivity contribution is 5.74. The Labute approximate surface area is 96.7 Å². The minimum Gasteiger partial charge on any atom is -0.394 e. The molecule has 96 valence electrons. The SMILES string of the molecule is NC(=O)N1CN([C@@H]2O[C@H](CO)[C@@H](O)[C@H]2O)C=N1. The first-order valence-corrected chi connectivity index (χ1v) is 5.04. The standard InChI is InChI=1S/C8H14N4O5/c9-8(16)12-3-11(2-10-12)7-6(15)5(14)4(1-13)17-7/h2,4-7,13-15H,1,3H2,(H2,9,16)/t4-,5-,6-,7-/m1/s1. The van der Waals surface area contributed by atoms with E-state index < -0.39 is 37.2 Å². The summed E-state index contributed by atoms with van der Waals surface area (Å²) in [6.45, 7) is -0.374. The third-order valence-corrected chi connectivity index (χ3v) is 2.74. The number of carbonyl (C=O) groups is 1. The summed E-state index contributed by atoms with van der Waals surface area (Å²) >= 11 is 0. The molecule has 0 bridgehead atoms. The van der Waals surface area contributed by atoms with Gasteiger partial charge in [0.1, 0.15) is 31.3 Å². The van der Waals surface area contributed by atoms with Crippen LogP contribution in [0.5, 0.6) is 0 Å². The lowest BCUT2D eigenvalue weighted by molar-refractivity contribution is -0.0732. The second-order valence-electron chi connectivity index (χ2n) is 3.85. The lowest BCUT2D eigenvalue weighted by Gasteiger charge is -2.25. The second kappa shape index (κ2) is 4.45. The van der Waals surface area contributed by atoms with Gasteiger partial charge < -0.3 is 30.7 Å². The number of urea groups is 1. The fourth-order valence-electron chi connectivity index (χ4n) is 1.78.